The maximum Gasteiger partial charge on any atom is 0.120 e. The molecule has 0 amide bonds. The van der Waals surface area contributed by atoms with Gasteiger partial charge in [0.2, 0.25) is 0 Å². The van der Waals surface area contributed by atoms with Gasteiger partial charge in [0, 0.05) is 12.8 Å². The fraction of sp³-hybridized carbons (Fsp3) is 0.0952. The Bertz CT molecular complexity index is 1650. The summed E-state index contributed by atoms with van der Waals surface area (Å²) in [5.74, 6) is 0. The van der Waals surface area contributed by atoms with Crippen LogP contribution in [0.15, 0.2) is 192 Å². The summed E-state index contributed by atoms with van der Waals surface area (Å²) in [4.78, 5) is 0. The zero-order chi connectivity index (χ0) is 31.7. The molecule has 2 N–H and O–H groups in total. The van der Waals surface area contributed by atoms with Crippen molar-refractivity contribution >= 4 is 11.4 Å². The van der Waals surface area contributed by atoms with Gasteiger partial charge in [0.25, 0.3) is 0 Å². The first-order valence-electron chi connectivity index (χ1n) is 15.5. The van der Waals surface area contributed by atoms with E-state index in [9.17, 15) is 10.2 Å². The lowest BCUT2D eigenvalue weighted by molar-refractivity contribution is 0.0882. The van der Waals surface area contributed by atoms with Crippen LogP contribution in [0.4, 0.5) is 0 Å². The van der Waals surface area contributed by atoms with Gasteiger partial charge >= 0.3 is 0 Å². The van der Waals surface area contributed by atoms with Gasteiger partial charge in [-0.2, -0.15) is 10.2 Å². The minimum absolute atomic E-state index is 0.179. The highest BCUT2D eigenvalue weighted by Gasteiger charge is 2.35. The van der Waals surface area contributed by atoms with E-state index in [4.69, 9.17) is 10.2 Å². The maximum absolute atomic E-state index is 12.5. The fourth-order valence-corrected chi connectivity index (χ4v) is 5.85. The summed E-state index contributed by atoms with van der Waals surface area (Å²) >= 11 is 0. The average molecular weight is 601 g/mol. The van der Waals surface area contributed by atoms with Crippen molar-refractivity contribution < 1.29 is 10.2 Å². The van der Waals surface area contributed by atoms with E-state index in [1.165, 1.54) is 0 Å². The lowest BCUT2D eigenvalue weighted by Gasteiger charge is -2.30. The molecule has 0 aromatic heterocycles. The van der Waals surface area contributed by atoms with E-state index in [-0.39, 0.29) is 12.8 Å². The summed E-state index contributed by atoms with van der Waals surface area (Å²) in [7, 11) is 0. The summed E-state index contributed by atoms with van der Waals surface area (Å²) in [5.41, 5.74) is 3.26. The third-order valence-corrected chi connectivity index (χ3v) is 8.36. The molecule has 0 aliphatic rings. The monoisotopic (exact) mass is 600 g/mol. The molecular weight excluding hydrogens is 564 g/mol. The summed E-state index contributed by atoms with van der Waals surface area (Å²) in [6.07, 6.45) is 0.358. The Morgan fingerprint density at radius 2 is 0.565 bits per heavy atom. The molecule has 0 fully saturated rings. The molecule has 0 radical (unpaired) electrons. The van der Waals surface area contributed by atoms with E-state index < -0.39 is 11.2 Å². The topological polar surface area (TPSA) is 65.2 Å². The van der Waals surface area contributed by atoms with E-state index in [2.05, 4.69) is 0 Å². The van der Waals surface area contributed by atoms with E-state index >= 15 is 0 Å². The van der Waals surface area contributed by atoms with Crippen molar-refractivity contribution in [1.82, 2.24) is 0 Å². The molecule has 0 bridgehead atoms. The predicted octanol–water partition coefficient (Wildman–Crippen LogP) is 8.53. The molecule has 6 rings (SSSR count). The molecule has 0 unspecified atom stereocenters. The summed E-state index contributed by atoms with van der Waals surface area (Å²) < 4.78 is 0. The largest absolute Gasteiger partial charge is 0.380 e. The molecule has 0 saturated carbocycles. The minimum atomic E-state index is -1.37. The lowest BCUT2D eigenvalue weighted by atomic mass is 9.81. The van der Waals surface area contributed by atoms with Crippen LogP contribution in [-0.2, 0) is 11.2 Å². The normalized spacial score (nSPS) is 12.6. The van der Waals surface area contributed by atoms with Gasteiger partial charge in [-0.1, -0.05) is 182 Å². The van der Waals surface area contributed by atoms with Gasteiger partial charge in [-0.3, -0.25) is 0 Å². The third kappa shape index (κ3) is 6.79. The molecule has 4 heteroatoms. The second-order valence-electron chi connectivity index (χ2n) is 11.4. The fourth-order valence-electron chi connectivity index (χ4n) is 5.85. The number of hydrogen-bond donors (Lipinski definition) is 2. The summed E-state index contributed by atoms with van der Waals surface area (Å²) in [6, 6.07) is 58.4. The second kappa shape index (κ2) is 14.1. The van der Waals surface area contributed by atoms with Crippen molar-refractivity contribution in [2.24, 2.45) is 10.2 Å². The van der Waals surface area contributed by atoms with Crippen LogP contribution in [0.2, 0.25) is 0 Å². The Morgan fingerprint density at radius 3 is 0.804 bits per heavy atom. The third-order valence-electron chi connectivity index (χ3n) is 8.36. The molecule has 226 valence electrons. The van der Waals surface area contributed by atoms with Gasteiger partial charge in [0.05, 0.1) is 11.4 Å². The van der Waals surface area contributed by atoms with Gasteiger partial charge in [-0.25, -0.2) is 0 Å². The molecule has 6 aromatic carbocycles. The number of nitrogens with zero attached hydrogens (tertiary/aromatic N) is 2. The molecular formula is C42H36N2O2. The van der Waals surface area contributed by atoms with Gasteiger partial charge < -0.3 is 10.2 Å². The Hall–Kier alpha value is -5.42. The maximum atomic E-state index is 12.5. The SMILES string of the molecule is OC(C/C(=N/N=C(\CC(O)(c1ccccc1)c1ccccc1)c1ccccc1)c1ccccc1)(c1ccccc1)c1ccccc1. The van der Waals surface area contributed by atoms with E-state index in [0.29, 0.717) is 11.4 Å². The van der Waals surface area contributed by atoms with Gasteiger partial charge in [0.1, 0.15) is 11.2 Å². The Kier molecular flexibility index (Phi) is 9.40. The highest BCUT2D eigenvalue weighted by Crippen LogP contribution is 2.36. The summed E-state index contributed by atoms with van der Waals surface area (Å²) in [5, 5.41) is 34.8. The number of rotatable bonds is 11. The first-order valence-corrected chi connectivity index (χ1v) is 15.5. The first-order chi connectivity index (χ1) is 22.6. The van der Waals surface area contributed by atoms with E-state index in [1.807, 2.05) is 182 Å². The van der Waals surface area contributed by atoms with E-state index in [1.54, 1.807) is 0 Å². The van der Waals surface area contributed by atoms with E-state index in [0.717, 1.165) is 33.4 Å². The lowest BCUT2D eigenvalue weighted by Crippen LogP contribution is -2.31. The quantitative estimate of drug-likeness (QED) is 0.116. The second-order valence-corrected chi connectivity index (χ2v) is 11.4. The van der Waals surface area contributed by atoms with Crippen molar-refractivity contribution in [2.45, 2.75) is 24.0 Å². The predicted molar refractivity (Wildman–Crippen MR) is 187 cm³/mol. The highest BCUT2D eigenvalue weighted by atomic mass is 16.3. The molecule has 6 aromatic rings. The van der Waals surface area contributed by atoms with Crippen molar-refractivity contribution in [3.63, 3.8) is 0 Å². The van der Waals surface area contributed by atoms with Crippen LogP contribution >= 0.6 is 0 Å². The Balaban J connectivity index is 1.50. The van der Waals surface area contributed by atoms with Crippen LogP contribution in [0, 0.1) is 0 Å². The van der Waals surface area contributed by atoms with Gasteiger partial charge in [-0.05, 0) is 33.4 Å². The van der Waals surface area contributed by atoms with Crippen molar-refractivity contribution in [3.8, 4) is 0 Å². The van der Waals surface area contributed by atoms with Crippen LogP contribution in [-0.4, -0.2) is 21.6 Å². The van der Waals surface area contributed by atoms with Crippen LogP contribution in [0.3, 0.4) is 0 Å². The molecule has 4 nitrogen and oxygen atoms in total. The molecule has 0 heterocycles. The molecule has 46 heavy (non-hydrogen) atoms. The zero-order valence-corrected chi connectivity index (χ0v) is 25.5. The van der Waals surface area contributed by atoms with Gasteiger partial charge in [0.15, 0.2) is 0 Å². The molecule has 0 spiro atoms. The minimum Gasteiger partial charge on any atom is -0.380 e. The highest BCUT2D eigenvalue weighted by molar-refractivity contribution is 6.04. The van der Waals surface area contributed by atoms with Crippen molar-refractivity contribution in [1.29, 1.82) is 0 Å². The number of benzene rings is 6. The Morgan fingerprint density at radius 1 is 0.348 bits per heavy atom. The number of hydrogen-bond acceptors (Lipinski definition) is 4. The van der Waals surface area contributed by atoms with Crippen molar-refractivity contribution in [3.05, 3.63) is 215 Å². The molecule has 0 aliphatic carbocycles. The van der Waals surface area contributed by atoms with Crippen LogP contribution in [0.25, 0.3) is 0 Å². The standard InChI is InChI=1S/C42H36N2O2/c45-41(35-23-11-3-12-24-35,36-25-13-4-14-26-36)31-39(33-19-7-1-8-20-33)43-44-40(34-21-9-2-10-22-34)32-42(46,37-27-15-5-16-28-37)38-29-17-6-18-30-38/h1-30,45-46H,31-32H2/b43-39-,44-40+. The van der Waals surface area contributed by atoms with Crippen molar-refractivity contribution in [2.75, 3.05) is 0 Å². The van der Waals surface area contributed by atoms with Crippen LogP contribution in [0.5, 0.6) is 0 Å². The summed E-state index contributed by atoms with van der Waals surface area (Å²) in [6.45, 7) is 0. The molecule has 0 saturated heterocycles. The molecule has 0 atom stereocenters. The Labute approximate surface area is 270 Å². The smallest absolute Gasteiger partial charge is 0.120 e. The first kappa shape index (κ1) is 30.6. The van der Waals surface area contributed by atoms with Crippen LogP contribution < -0.4 is 0 Å². The zero-order valence-electron chi connectivity index (χ0n) is 25.5. The van der Waals surface area contributed by atoms with Crippen LogP contribution in [0.1, 0.15) is 46.2 Å². The number of aliphatic hydroxyl groups is 2. The molecule has 0 aliphatic heterocycles. The van der Waals surface area contributed by atoms with Gasteiger partial charge in [-0.15, -0.1) is 0 Å². The average Bonchev–Trinajstić information content (AvgIpc) is 3.14.